The number of amides is 3. The van der Waals surface area contributed by atoms with E-state index >= 15 is 0 Å². The Kier molecular flexibility index (Phi) is 4.71. The quantitative estimate of drug-likeness (QED) is 0.763. The van der Waals surface area contributed by atoms with E-state index < -0.39 is 24.0 Å². The molecule has 1 atom stereocenters. The largest absolute Gasteiger partial charge is 0.480 e. The van der Waals surface area contributed by atoms with Crippen LogP contribution in [-0.4, -0.2) is 29.1 Å². The SMILES string of the molecule is CC(Oc1cc(Cl)ccc1C(=O)O)C(=O)NC(N)=O. The van der Waals surface area contributed by atoms with Gasteiger partial charge in [0, 0.05) is 5.02 Å². The lowest BCUT2D eigenvalue weighted by molar-refractivity contribution is -0.126. The van der Waals surface area contributed by atoms with Crippen LogP contribution >= 0.6 is 11.6 Å². The molecule has 0 aromatic heterocycles. The maximum Gasteiger partial charge on any atom is 0.339 e. The Morgan fingerprint density at radius 3 is 2.58 bits per heavy atom. The van der Waals surface area contributed by atoms with Crippen LogP contribution < -0.4 is 15.8 Å². The van der Waals surface area contributed by atoms with Gasteiger partial charge in [-0.3, -0.25) is 10.1 Å². The number of hydrogen-bond donors (Lipinski definition) is 3. The summed E-state index contributed by atoms with van der Waals surface area (Å²) in [5, 5.41) is 11.0. The molecule has 0 spiro atoms. The van der Waals surface area contributed by atoms with Crippen molar-refractivity contribution < 1.29 is 24.2 Å². The van der Waals surface area contributed by atoms with Crippen molar-refractivity contribution in [2.24, 2.45) is 5.73 Å². The van der Waals surface area contributed by atoms with Crippen LogP contribution in [0.3, 0.4) is 0 Å². The van der Waals surface area contributed by atoms with Gasteiger partial charge in [0.15, 0.2) is 6.10 Å². The van der Waals surface area contributed by atoms with Gasteiger partial charge >= 0.3 is 12.0 Å². The highest BCUT2D eigenvalue weighted by Crippen LogP contribution is 2.24. The fourth-order valence-electron chi connectivity index (χ4n) is 1.24. The van der Waals surface area contributed by atoms with E-state index in [1.54, 1.807) is 0 Å². The number of nitrogens with one attached hydrogen (secondary N) is 1. The number of nitrogens with two attached hydrogens (primary N) is 1. The molecule has 1 aromatic carbocycles. The molecule has 0 fully saturated rings. The highest BCUT2D eigenvalue weighted by molar-refractivity contribution is 6.30. The van der Waals surface area contributed by atoms with Gasteiger partial charge < -0.3 is 15.6 Å². The number of carbonyl (C=O) groups is 3. The third kappa shape index (κ3) is 4.14. The van der Waals surface area contributed by atoms with Crippen molar-refractivity contribution in [3.8, 4) is 5.75 Å². The summed E-state index contributed by atoms with van der Waals surface area (Å²) in [6, 6.07) is 2.87. The summed E-state index contributed by atoms with van der Waals surface area (Å²) in [6.45, 7) is 1.34. The van der Waals surface area contributed by atoms with Crippen LogP contribution in [0.25, 0.3) is 0 Å². The van der Waals surface area contributed by atoms with Crippen LogP contribution in [0, 0.1) is 0 Å². The van der Waals surface area contributed by atoms with E-state index in [0.29, 0.717) is 0 Å². The van der Waals surface area contributed by atoms with Crippen LogP contribution in [0.15, 0.2) is 18.2 Å². The molecule has 0 bridgehead atoms. The Balaban J connectivity index is 2.92. The summed E-state index contributed by atoms with van der Waals surface area (Å²) in [5.74, 6) is -2.09. The lowest BCUT2D eigenvalue weighted by Gasteiger charge is -2.15. The van der Waals surface area contributed by atoms with Gasteiger partial charge in [-0.2, -0.15) is 0 Å². The molecule has 0 radical (unpaired) electrons. The number of rotatable bonds is 4. The van der Waals surface area contributed by atoms with E-state index in [1.165, 1.54) is 25.1 Å². The molecule has 1 rings (SSSR count). The van der Waals surface area contributed by atoms with Crippen molar-refractivity contribution in [3.05, 3.63) is 28.8 Å². The van der Waals surface area contributed by atoms with Crippen molar-refractivity contribution in [2.75, 3.05) is 0 Å². The molecule has 0 heterocycles. The number of hydrogen-bond acceptors (Lipinski definition) is 4. The molecule has 4 N–H and O–H groups in total. The molecular formula is C11H11ClN2O5. The third-order valence-corrected chi connectivity index (χ3v) is 2.33. The number of carbonyl (C=O) groups excluding carboxylic acids is 2. The summed E-state index contributed by atoms with van der Waals surface area (Å²) >= 11 is 5.72. The third-order valence-electron chi connectivity index (χ3n) is 2.09. The predicted octanol–water partition coefficient (Wildman–Crippen LogP) is 1.00. The maximum absolute atomic E-state index is 11.4. The standard InChI is InChI=1S/C11H11ClN2O5/c1-5(9(15)14-11(13)18)19-8-4-6(12)2-3-7(8)10(16)17/h2-5H,1H3,(H,16,17)(H3,13,14,15,18). The average Bonchev–Trinajstić information content (AvgIpc) is 2.27. The van der Waals surface area contributed by atoms with Crippen LogP contribution in [-0.2, 0) is 4.79 Å². The van der Waals surface area contributed by atoms with Crippen molar-refractivity contribution in [2.45, 2.75) is 13.0 Å². The number of imide groups is 1. The molecule has 0 saturated carbocycles. The number of primary amides is 1. The second-order valence-corrected chi connectivity index (χ2v) is 4.00. The first kappa shape index (κ1) is 14.8. The number of urea groups is 1. The van der Waals surface area contributed by atoms with Gasteiger partial charge in [-0.05, 0) is 25.1 Å². The summed E-state index contributed by atoms with van der Waals surface area (Å²) in [6.07, 6.45) is -1.11. The molecule has 1 aromatic rings. The fourth-order valence-corrected chi connectivity index (χ4v) is 1.40. The molecule has 0 aliphatic rings. The van der Waals surface area contributed by atoms with Crippen LogP contribution in [0.2, 0.25) is 5.02 Å². The number of aromatic carboxylic acids is 1. The van der Waals surface area contributed by atoms with E-state index in [1.807, 2.05) is 5.32 Å². The Bertz CT molecular complexity index is 532. The van der Waals surface area contributed by atoms with E-state index in [2.05, 4.69) is 0 Å². The molecule has 0 aliphatic carbocycles. The highest BCUT2D eigenvalue weighted by atomic mass is 35.5. The molecule has 19 heavy (non-hydrogen) atoms. The zero-order valence-corrected chi connectivity index (χ0v) is 10.6. The Labute approximate surface area is 113 Å². The Morgan fingerprint density at radius 2 is 2.05 bits per heavy atom. The molecule has 102 valence electrons. The number of carboxylic acid groups (broad SMARTS) is 1. The van der Waals surface area contributed by atoms with Gasteiger partial charge in [-0.1, -0.05) is 11.6 Å². The van der Waals surface area contributed by atoms with Crippen molar-refractivity contribution in [1.29, 1.82) is 0 Å². The number of carboxylic acids is 1. The second kappa shape index (κ2) is 6.05. The van der Waals surface area contributed by atoms with Gasteiger partial charge in [-0.25, -0.2) is 9.59 Å². The molecule has 0 aliphatic heterocycles. The van der Waals surface area contributed by atoms with Crippen molar-refractivity contribution in [3.63, 3.8) is 0 Å². The minimum Gasteiger partial charge on any atom is -0.480 e. The van der Waals surface area contributed by atoms with E-state index in [-0.39, 0.29) is 16.3 Å². The minimum atomic E-state index is -1.23. The zero-order valence-electron chi connectivity index (χ0n) is 9.84. The van der Waals surface area contributed by atoms with Crippen molar-refractivity contribution >= 4 is 29.5 Å². The first-order chi connectivity index (χ1) is 8.81. The first-order valence-corrected chi connectivity index (χ1v) is 5.49. The number of benzene rings is 1. The summed E-state index contributed by atoms with van der Waals surface area (Å²) in [5.41, 5.74) is 4.64. The smallest absolute Gasteiger partial charge is 0.339 e. The summed E-state index contributed by atoms with van der Waals surface area (Å²) < 4.78 is 5.17. The molecule has 7 nitrogen and oxygen atoms in total. The minimum absolute atomic E-state index is 0.0767. The highest BCUT2D eigenvalue weighted by Gasteiger charge is 2.20. The van der Waals surface area contributed by atoms with Gasteiger partial charge in [0.2, 0.25) is 0 Å². The zero-order chi connectivity index (χ0) is 14.6. The summed E-state index contributed by atoms with van der Waals surface area (Å²) in [7, 11) is 0. The predicted molar refractivity (Wildman–Crippen MR) is 66.2 cm³/mol. The molecule has 0 saturated heterocycles. The lowest BCUT2D eigenvalue weighted by Crippen LogP contribution is -2.42. The van der Waals surface area contributed by atoms with Gasteiger partial charge in [0.1, 0.15) is 11.3 Å². The topological polar surface area (TPSA) is 119 Å². The number of halogens is 1. The molecule has 3 amide bonds. The Hall–Kier alpha value is -2.28. The maximum atomic E-state index is 11.4. The molecule has 8 heteroatoms. The molecule has 1 unspecified atom stereocenters. The van der Waals surface area contributed by atoms with Crippen LogP contribution in [0.5, 0.6) is 5.75 Å². The fraction of sp³-hybridized carbons (Fsp3) is 0.182. The lowest BCUT2D eigenvalue weighted by atomic mass is 10.2. The Morgan fingerprint density at radius 1 is 1.42 bits per heavy atom. The van der Waals surface area contributed by atoms with E-state index in [4.69, 9.17) is 27.2 Å². The van der Waals surface area contributed by atoms with E-state index in [0.717, 1.165) is 0 Å². The summed E-state index contributed by atoms with van der Waals surface area (Å²) in [4.78, 5) is 32.9. The second-order valence-electron chi connectivity index (χ2n) is 3.56. The van der Waals surface area contributed by atoms with Crippen LogP contribution in [0.1, 0.15) is 17.3 Å². The first-order valence-electron chi connectivity index (χ1n) is 5.11. The molecular weight excluding hydrogens is 276 g/mol. The van der Waals surface area contributed by atoms with Gasteiger partial charge in [0.05, 0.1) is 0 Å². The van der Waals surface area contributed by atoms with Crippen LogP contribution in [0.4, 0.5) is 4.79 Å². The number of ether oxygens (including phenoxy) is 1. The van der Waals surface area contributed by atoms with Crippen molar-refractivity contribution in [1.82, 2.24) is 5.32 Å². The van der Waals surface area contributed by atoms with Gasteiger partial charge in [-0.15, -0.1) is 0 Å². The average molecular weight is 287 g/mol. The monoisotopic (exact) mass is 286 g/mol. The van der Waals surface area contributed by atoms with Gasteiger partial charge in [0.25, 0.3) is 5.91 Å². The normalized spacial score (nSPS) is 11.5. The van der Waals surface area contributed by atoms with E-state index in [9.17, 15) is 14.4 Å².